The minimum absolute atomic E-state index is 0.253. The number of amides is 2. The zero-order valence-corrected chi connectivity index (χ0v) is 17.0. The van der Waals surface area contributed by atoms with E-state index in [1.807, 2.05) is 38.1 Å². The summed E-state index contributed by atoms with van der Waals surface area (Å²) in [5.41, 5.74) is 3.57. The van der Waals surface area contributed by atoms with E-state index < -0.39 is 30.9 Å². The maximum atomic E-state index is 12.9. The normalized spacial score (nSPS) is 12.6. The smallest absolute Gasteiger partial charge is 0.426 e. The third-order valence-electron chi connectivity index (χ3n) is 4.84. The number of anilines is 1. The van der Waals surface area contributed by atoms with Gasteiger partial charge in [0.25, 0.3) is 5.91 Å². The van der Waals surface area contributed by atoms with Crippen molar-refractivity contribution in [2.24, 2.45) is 0 Å². The Bertz CT molecular complexity index is 870. The van der Waals surface area contributed by atoms with Gasteiger partial charge in [0.2, 0.25) is 5.91 Å². The fourth-order valence-electron chi connectivity index (χ4n) is 3.19. The quantitative estimate of drug-likeness (QED) is 0.472. The van der Waals surface area contributed by atoms with E-state index in [4.69, 9.17) is 0 Å². The van der Waals surface area contributed by atoms with Crippen molar-refractivity contribution < 1.29 is 19.6 Å². The molecule has 0 saturated heterocycles. The number of hydrogen-bond acceptors (Lipinski definition) is 4. The number of nitrogens with zero attached hydrogens (tertiary/aromatic N) is 1. The Hall–Kier alpha value is -2.90. The number of carbonyl (C=O) groups is 2. The minimum Gasteiger partial charge on any atom is -0.426 e. The molecule has 3 N–H and O–H groups in total. The van der Waals surface area contributed by atoms with Crippen molar-refractivity contribution >= 4 is 24.6 Å². The lowest BCUT2D eigenvalue weighted by Crippen LogP contribution is -2.55. The fraction of sp³-hybridized carbons (Fsp3) is 0.273. The molecule has 0 saturated carbocycles. The molecule has 0 aliphatic carbocycles. The van der Waals surface area contributed by atoms with Crippen molar-refractivity contribution in [3.8, 4) is 0 Å². The van der Waals surface area contributed by atoms with Crippen molar-refractivity contribution in [1.29, 1.82) is 0 Å². The van der Waals surface area contributed by atoms with Crippen LogP contribution < -0.4 is 10.2 Å². The van der Waals surface area contributed by atoms with Gasteiger partial charge in [0, 0.05) is 5.69 Å². The molecule has 0 aliphatic heterocycles. The Morgan fingerprint density at radius 3 is 2.38 bits per heavy atom. The molecule has 2 rings (SSSR count). The molecular weight excluding hydrogens is 367 g/mol. The van der Waals surface area contributed by atoms with Gasteiger partial charge in [-0.05, 0) is 56.5 Å². The third-order valence-corrected chi connectivity index (χ3v) is 4.84. The summed E-state index contributed by atoms with van der Waals surface area (Å²) >= 11 is 0. The first kappa shape index (κ1) is 22.4. The van der Waals surface area contributed by atoms with Crippen molar-refractivity contribution in [1.82, 2.24) is 5.32 Å². The zero-order valence-electron chi connectivity index (χ0n) is 17.0. The molecular formula is C22H27BN2O4. The summed E-state index contributed by atoms with van der Waals surface area (Å²) in [6, 6.07) is 13.8. The number of para-hydroxylation sites is 1. The first-order valence-corrected chi connectivity index (χ1v) is 9.48. The number of rotatable bonds is 8. The number of aryl methyl sites for hydroxylation is 2. The van der Waals surface area contributed by atoms with Gasteiger partial charge in [-0.15, -0.1) is 0 Å². The standard InChI is InChI=1S/C22H27BN2O4/c1-5-21(26)25(19-9-7-6-8-10-19)17(4)22(27)24-20(23(28)29)14-18-12-11-15(2)13-16(18)3/h5-13,17,20,28-29H,1,14H2,2-4H3,(H,24,27). The van der Waals surface area contributed by atoms with Crippen LogP contribution in [0.2, 0.25) is 0 Å². The fourth-order valence-corrected chi connectivity index (χ4v) is 3.19. The lowest BCUT2D eigenvalue weighted by atomic mass is 9.75. The Balaban J connectivity index is 2.20. The molecule has 0 heterocycles. The van der Waals surface area contributed by atoms with Gasteiger partial charge in [-0.25, -0.2) is 0 Å². The van der Waals surface area contributed by atoms with E-state index in [-0.39, 0.29) is 6.42 Å². The molecule has 0 radical (unpaired) electrons. The molecule has 7 heteroatoms. The second-order valence-electron chi connectivity index (χ2n) is 7.09. The Kier molecular flexibility index (Phi) is 7.76. The highest BCUT2D eigenvalue weighted by molar-refractivity contribution is 6.43. The van der Waals surface area contributed by atoms with Crippen LogP contribution in [-0.2, 0) is 16.0 Å². The molecule has 6 nitrogen and oxygen atoms in total. The summed E-state index contributed by atoms with van der Waals surface area (Å²) in [6.07, 6.45) is 1.40. The SMILES string of the molecule is C=CC(=O)N(c1ccccc1)C(C)C(=O)NC(Cc1ccc(C)cc1C)B(O)O. The topological polar surface area (TPSA) is 89.9 Å². The largest absolute Gasteiger partial charge is 0.475 e. The molecule has 0 spiro atoms. The van der Waals surface area contributed by atoms with E-state index in [1.54, 1.807) is 31.2 Å². The average molecular weight is 394 g/mol. The van der Waals surface area contributed by atoms with Gasteiger partial charge in [0.1, 0.15) is 6.04 Å². The maximum absolute atomic E-state index is 12.9. The van der Waals surface area contributed by atoms with Gasteiger partial charge < -0.3 is 15.4 Å². The summed E-state index contributed by atoms with van der Waals surface area (Å²) in [4.78, 5) is 26.6. The number of nitrogens with one attached hydrogen (secondary N) is 1. The van der Waals surface area contributed by atoms with Gasteiger partial charge in [-0.3, -0.25) is 14.5 Å². The third kappa shape index (κ3) is 5.79. The Morgan fingerprint density at radius 1 is 1.17 bits per heavy atom. The van der Waals surface area contributed by atoms with Gasteiger partial charge in [-0.1, -0.05) is 48.5 Å². The van der Waals surface area contributed by atoms with Crippen LogP contribution in [0.15, 0.2) is 61.2 Å². The molecule has 0 aliphatic rings. The van der Waals surface area contributed by atoms with Crippen LogP contribution in [-0.4, -0.2) is 41.0 Å². The van der Waals surface area contributed by atoms with E-state index in [0.29, 0.717) is 5.69 Å². The van der Waals surface area contributed by atoms with E-state index in [2.05, 4.69) is 11.9 Å². The molecule has 2 unspecified atom stereocenters. The van der Waals surface area contributed by atoms with E-state index in [9.17, 15) is 19.6 Å². The Morgan fingerprint density at radius 2 is 1.83 bits per heavy atom. The monoisotopic (exact) mass is 394 g/mol. The number of carbonyl (C=O) groups excluding carboxylic acids is 2. The predicted octanol–water partition coefficient (Wildman–Crippen LogP) is 1.95. The maximum Gasteiger partial charge on any atom is 0.475 e. The van der Waals surface area contributed by atoms with Gasteiger partial charge >= 0.3 is 7.12 Å². The van der Waals surface area contributed by atoms with Crippen LogP contribution in [0.5, 0.6) is 0 Å². The highest BCUT2D eigenvalue weighted by atomic mass is 16.4. The van der Waals surface area contributed by atoms with E-state index in [0.717, 1.165) is 22.8 Å². The van der Waals surface area contributed by atoms with Crippen molar-refractivity contribution in [2.45, 2.75) is 39.2 Å². The van der Waals surface area contributed by atoms with E-state index in [1.165, 1.54) is 4.90 Å². The first-order chi connectivity index (χ1) is 13.7. The second kappa shape index (κ2) is 10.0. The Labute approximate surface area is 172 Å². The van der Waals surface area contributed by atoms with Gasteiger partial charge in [0.15, 0.2) is 0 Å². The molecule has 2 aromatic carbocycles. The summed E-state index contributed by atoms with van der Waals surface area (Å²) < 4.78 is 0. The van der Waals surface area contributed by atoms with Crippen LogP contribution in [0.25, 0.3) is 0 Å². The first-order valence-electron chi connectivity index (χ1n) is 9.48. The van der Waals surface area contributed by atoms with Crippen LogP contribution in [0.1, 0.15) is 23.6 Å². The number of hydrogen-bond donors (Lipinski definition) is 3. The summed E-state index contributed by atoms with van der Waals surface area (Å²) in [5.74, 6) is -1.83. The molecule has 2 atom stereocenters. The highest BCUT2D eigenvalue weighted by Crippen LogP contribution is 2.18. The van der Waals surface area contributed by atoms with Crippen LogP contribution in [0, 0.1) is 13.8 Å². The molecule has 0 aromatic heterocycles. The minimum atomic E-state index is -1.74. The average Bonchev–Trinajstić information content (AvgIpc) is 2.69. The summed E-state index contributed by atoms with van der Waals surface area (Å²) in [5, 5.41) is 22.3. The highest BCUT2D eigenvalue weighted by Gasteiger charge is 2.31. The van der Waals surface area contributed by atoms with Crippen molar-refractivity contribution in [3.05, 3.63) is 77.9 Å². The predicted molar refractivity (Wildman–Crippen MR) is 115 cm³/mol. The van der Waals surface area contributed by atoms with Crippen LogP contribution in [0.3, 0.4) is 0 Å². The van der Waals surface area contributed by atoms with Crippen LogP contribution in [0.4, 0.5) is 5.69 Å². The number of benzene rings is 2. The summed E-state index contributed by atoms with van der Waals surface area (Å²) in [6.45, 7) is 9.01. The van der Waals surface area contributed by atoms with Crippen molar-refractivity contribution in [2.75, 3.05) is 4.90 Å². The van der Waals surface area contributed by atoms with E-state index >= 15 is 0 Å². The second-order valence-corrected chi connectivity index (χ2v) is 7.09. The molecule has 0 fully saturated rings. The lowest BCUT2D eigenvalue weighted by Gasteiger charge is -2.29. The van der Waals surface area contributed by atoms with Gasteiger partial charge in [-0.2, -0.15) is 0 Å². The molecule has 2 amide bonds. The molecule has 2 aromatic rings. The lowest BCUT2D eigenvalue weighted by molar-refractivity contribution is -0.125. The summed E-state index contributed by atoms with van der Waals surface area (Å²) in [7, 11) is -1.74. The van der Waals surface area contributed by atoms with Crippen molar-refractivity contribution in [3.63, 3.8) is 0 Å². The zero-order chi connectivity index (χ0) is 21.6. The molecule has 0 bridgehead atoms. The van der Waals surface area contributed by atoms with Crippen LogP contribution >= 0.6 is 0 Å². The van der Waals surface area contributed by atoms with Gasteiger partial charge in [0.05, 0.1) is 5.94 Å². The molecule has 152 valence electrons. The molecule has 29 heavy (non-hydrogen) atoms.